The van der Waals surface area contributed by atoms with E-state index >= 15 is 0 Å². The van der Waals surface area contributed by atoms with Gasteiger partial charge in [-0.3, -0.25) is 4.90 Å². The second-order valence-electron chi connectivity index (χ2n) is 6.26. The van der Waals surface area contributed by atoms with E-state index in [-0.39, 0.29) is 0 Å². The molecule has 1 saturated heterocycles. The van der Waals surface area contributed by atoms with Gasteiger partial charge in [0.15, 0.2) is 0 Å². The number of nitrogens with zero attached hydrogens (tertiary/aromatic N) is 1. The Morgan fingerprint density at radius 3 is 2.43 bits per heavy atom. The van der Waals surface area contributed by atoms with Gasteiger partial charge in [-0.1, -0.05) is 12.8 Å². The quantitative estimate of drug-likeness (QED) is 0.650. The summed E-state index contributed by atoms with van der Waals surface area (Å²) in [6.45, 7) is 8.07. The summed E-state index contributed by atoms with van der Waals surface area (Å²) in [6, 6.07) is 0. The molecule has 0 bridgehead atoms. The van der Waals surface area contributed by atoms with Crippen LogP contribution in [0, 0.1) is 0 Å². The number of hydrogen-bond acceptors (Lipinski definition) is 5. The summed E-state index contributed by atoms with van der Waals surface area (Å²) < 4.78 is 16.0. The van der Waals surface area contributed by atoms with Crippen LogP contribution < -0.4 is 5.32 Å². The second-order valence-corrected chi connectivity index (χ2v) is 6.26. The summed E-state index contributed by atoms with van der Waals surface area (Å²) in [6.07, 6.45) is 6.71. The molecule has 1 aliphatic carbocycles. The topological polar surface area (TPSA) is 43.0 Å². The average Bonchev–Trinajstić information content (AvgIpc) is 2.84. The van der Waals surface area contributed by atoms with Gasteiger partial charge in [0.25, 0.3) is 0 Å². The molecule has 0 atom stereocenters. The normalized spacial score (nSPS) is 22.7. The van der Waals surface area contributed by atoms with Gasteiger partial charge in [0.2, 0.25) is 0 Å². The zero-order valence-corrected chi connectivity index (χ0v) is 13.6. The van der Waals surface area contributed by atoms with Gasteiger partial charge >= 0.3 is 0 Å². The smallest absolute Gasteiger partial charge is 0.0701 e. The summed E-state index contributed by atoms with van der Waals surface area (Å²) in [5, 5.41) is 3.80. The van der Waals surface area contributed by atoms with Gasteiger partial charge in [0, 0.05) is 25.7 Å². The standard InChI is InChI=1S/C16H32N2O3/c1-19-11-12-21-14-13-20-10-9-18-8-4-7-17-16(15-18)5-2-3-6-16/h17H,2-15H2,1H3. The molecule has 5 heteroatoms. The van der Waals surface area contributed by atoms with Crippen molar-refractivity contribution in [3.05, 3.63) is 0 Å². The number of rotatable bonds is 9. The van der Waals surface area contributed by atoms with Gasteiger partial charge in [-0.05, 0) is 32.4 Å². The molecule has 0 amide bonds. The molecular formula is C16H32N2O3. The van der Waals surface area contributed by atoms with E-state index in [1.807, 2.05) is 0 Å². The van der Waals surface area contributed by atoms with Crippen LogP contribution in [0.25, 0.3) is 0 Å². The molecule has 21 heavy (non-hydrogen) atoms. The van der Waals surface area contributed by atoms with Crippen molar-refractivity contribution in [2.75, 3.05) is 66.3 Å². The molecular weight excluding hydrogens is 268 g/mol. The number of methoxy groups -OCH3 is 1. The van der Waals surface area contributed by atoms with Crippen molar-refractivity contribution in [3.8, 4) is 0 Å². The Morgan fingerprint density at radius 2 is 1.67 bits per heavy atom. The zero-order valence-electron chi connectivity index (χ0n) is 13.6. The fraction of sp³-hybridized carbons (Fsp3) is 1.00. The van der Waals surface area contributed by atoms with Gasteiger partial charge in [-0.2, -0.15) is 0 Å². The minimum atomic E-state index is 0.403. The number of nitrogens with one attached hydrogen (secondary N) is 1. The maximum absolute atomic E-state index is 5.68. The van der Waals surface area contributed by atoms with E-state index < -0.39 is 0 Å². The van der Waals surface area contributed by atoms with Crippen LogP contribution >= 0.6 is 0 Å². The summed E-state index contributed by atoms with van der Waals surface area (Å²) in [7, 11) is 1.69. The Hall–Kier alpha value is -0.200. The molecule has 0 radical (unpaired) electrons. The molecule has 1 N–H and O–H groups in total. The summed E-state index contributed by atoms with van der Waals surface area (Å²) in [5.74, 6) is 0. The lowest BCUT2D eigenvalue weighted by Gasteiger charge is -2.33. The van der Waals surface area contributed by atoms with Crippen LogP contribution in [-0.4, -0.2) is 76.8 Å². The van der Waals surface area contributed by atoms with E-state index in [0.29, 0.717) is 32.0 Å². The van der Waals surface area contributed by atoms with E-state index in [9.17, 15) is 0 Å². The fourth-order valence-electron chi connectivity index (χ4n) is 3.45. The van der Waals surface area contributed by atoms with Gasteiger partial charge in [0.05, 0.1) is 33.0 Å². The molecule has 124 valence electrons. The zero-order chi connectivity index (χ0) is 14.8. The van der Waals surface area contributed by atoms with Gasteiger partial charge < -0.3 is 19.5 Å². The van der Waals surface area contributed by atoms with Crippen LogP contribution in [0.15, 0.2) is 0 Å². The van der Waals surface area contributed by atoms with Gasteiger partial charge in [0.1, 0.15) is 0 Å². The van der Waals surface area contributed by atoms with Crippen molar-refractivity contribution in [1.82, 2.24) is 10.2 Å². The molecule has 2 fully saturated rings. The van der Waals surface area contributed by atoms with Crippen LogP contribution in [0.3, 0.4) is 0 Å². The Kier molecular flexibility index (Phi) is 7.96. The monoisotopic (exact) mass is 300 g/mol. The predicted octanol–water partition coefficient (Wildman–Crippen LogP) is 1.27. The van der Waals surface area contributed by atoms with E-state index in [0.717, 1.165) is 13.2 Å². The Bertz CT molecular complexity index is 270. The van der Waals surface area contributed by atoms with Crippen molar-refractivity contribution >= 4 is 0 Å². The second kappa shape index (κ2) is 9.74. The Morgan fingerprint density at radius 1 is 0.952 bits per heavy atom. The Labute approximate surface area is 129 Å². The number of ether oxygens (including phenoxy) is 3. The minimum absolute atomic E-state index is 0.403. The first kappa shape index (κ1) is 17.2. The molecule has 2 aliphatic rings. The molecule has 0 aromatic heterocycles. The Balaban J connectivity index is 1.55. The average molecular weight is 300 g/mol. The fourth-order valence-corrected chi connectivity index (χ4v) is 3.45. The molecule has 1 saturated carbocycles. The summed E-state index contributed by atoms with van der Waals surface area (Å²) in [4.78, 5) is 2.58. The molecule has 5 nitrogen and oxygen atoms in total. The van der Waals surface area contributed by atoms with Crippen molar-refractivity contribution in [3.63, 3.8) is 0 Å². The molecule has 1 aliphatic heterocycles. The third-order valence-corrected chi connectivity index (χ3v) is 4.59. The first-order valence-electron chi connectivity index (χ1n) is 8.46. The highest BCUT2D eigenvalue weighted by Gasteiger charge is 2.36. The first-order chi connectivity index (χ1) is 10.3. The maximum Gasteiger partial charge on any atom is 0.0701 e. The van der Waals surface area contributed by atoms with E-state index in [4.69, 9.17) is 14.2 Å². The van der Waals surface area contributed by atoms with E-state index in [2.05, 4.69) is 10.2 Å². The van der Waals surface area contributed by atoms with Crippen LogP contribution in [-0.2, 0) is 14.2 Å². The molecule has 2 rings (SSSR count). The van der Waals surface area contributed by atoms with Gasteiger partial charge in [-0.15, -0.1) is 0 Å². The van der Waals surface area contributed by atoms with Crippen molar-refractivity contribution in [1.29, 1.82) is 0 Å². The highest BCUT2D eigenvalue weighted by molar-refractivity contribution is 4.96. The minimum Gasteiger partial charge on any atom is -0.382 e. The van der Waals surface area contributed by atoms with Crippen molar-refractivity contribution < 1.29 is 14.2 Å². The third kappa shape index (κ3) is 6.20. The lowest BCUT2D eigenvalue weighted by atomic mass is 9.97. The van der Waals surface area contributed by atoms with Crippen molar-refractivity contribution in [2.24, 2.45) is 0 Å². The first-order valence-corrected chi connectivity index (χ1v) is 8.46. The van der Waals surface area contributed by atoms with E-state index in [1.54, 1.807) is 7.11 Å². The lowest BCUT2D eigenvalue weighted by Crippen LogP contribution is -2.49. The van der Waals surface area contributed by atoms with E-state index in [1.165, 1.54) is 51.7 Å². The molecule has 1 heterocycles. The molecule has 0 aromatic carbocycles. The molecule has 1 spiro atoms. The third-order valence-electron chi connectivity index (χ3n) is 4.59. The summed E-state index contributed by atoms with van der Waals surface area (Å²) >= 11 is 0. The van der Waals surface area contributed by atoms with Crippen LogP contribution in [0.1, 0.15) is 32.1 Å². The van der Waals surface area contributed by atoms with Crippen molar-refractivity contribution in [2.45, 2.75) is 37.6 Å². The maximum atomic E-state index is 5.68. The summed E-state index contributed by atoms with van der Waals surface area (Å²) in [5.41, 5.74) is 0.403. The highest BCUT2D eigenvalue weighted by atomic mass is 16.5. The van der Waals surface area contributed by atoms with Crippen LogP contribution in [0.5, 0.6) is 0 Å². The number of hydrogen-bond donors (Lipinski definition) is 1. The molecule has 0 unspecified atom stereocenters. The van der Waals surface area contributed by atoms with Crippen LogP contribution in [0.2, 0.25) is 0 Å². The van der Waals surface area contributed by atoms with Crippen LogP contribution in [0.4, 0.5) is 0 Å². The predicted molar refractivity (Wildman–Crippen MR) is 83.8 cm³/mol. The largest absolute Gasteiger partial charge is 0.382 e. The molecule has 0 aromatic rings. The SMILES string of the molecule is COCCOCCOCCN1CCCNC2(CCCC2)C1. The van der Waals surface area contributed by atoms with Gasteiger partial charge in [-0.25, -0.2) is 0 Å². The highest BCUT2D eigenvalue weighted by Crippen LogP contribution is 2.31. The lowest BCUT2D eigenvalue weighted by molar-refractivity contribution is 0.0185.